The van der Waals surface area contributed by atoms with E-state index in [1.54, 1.807) is 18.0 Å². The van der Waals surface area contributed by atoms with Crippen LogP contribution in [0.5, 0.6) is 0 Å². The van der Waals surface area contributed by atoms with Gasteiger partial charge in [-0.25, -0.2) is 0 Å². The van der Waals surface area contributed by atoms with Crippen LogP contribution in [-0.4, -0.2) is 6.26 Å². The Morgan fingerprint density at radius 1 is 1.15 bits per heavy atom. The van der Waals surface area contributed by atoms with E-state index in [2.05, 4.69) is 24.5 Å². The highest BCUT2D eigenvalue weighted by molar-refractivity contribution is 7.98. The summed E-state index contributed by atoms with van der Waals surface area (Å²) in [5, 5.41) is 0. The first kappa shape index (κ1) is 8.45. The van der Waals surface area contributed by atoms with Gasteiger partial charge in [-0.05, 0) is 30.5 Å². The van der Waals surface area contributed by atoms with Crippen LogP contribution in [0.25, 0.3) is 11.3 Å². The summed E-state index contributed by atoms with van der Waals surface area (Å²) in [5.41, 5.74) is 1.14. The standard InChI is InChI=1S/C11H10OS/c1-13-10-5-2-4-9(8-10)11-6-3-7-12-11/h2-8H,1H3. The molecule has 0 spiro atoms. The van der Waals surface area contributed by atoms with Gasteiger partial charge in [-0.3, -0.25) is 0 Å². The van der Waals surface area contributed by atoms with E-state index in [1.165, 1.54) is 4.90 Å². The third-order valence-corrected chi connectivity index (χ3v) is 2.60. The molecule has 0 radical (unpaired) electrons. The zero-order valence-electron chi connectivity index (χ0n) is 7.36. The molecular formula is C11H10OS. The summed E-state index contributed by atoms with van der Waals surface area (Å²) in [4.78, 5) is 1.26. The third-order valence-electron chi connectivity index (χ3n) is 1.88. The summed E-state index contributed by atoms with van der Waals surface area (Å²) >= 11 is 1.74. The van der Waals surface area contributed by atoms with Gasteiger partial charge in [0.2, 0.25) is 0 Å². The second kappa shape index (κ2) is 3.71. The predicted octanol–water partition coefficient (Wildman–Crippen LogP) is 3.67. The van der Waals surface area contributed by atoms with Gasteiger partial charge in [0.15, 0.2) is 0 Å². The minimum Gasteiger partial charge on any atom is -0.464 e. The van der Waals surface area contributed by atoms with Crippen molar-refractivity contribution in [2.24, 2.45) is 0 Å². The molecule has 0 saturated heterocycles. The van der Waals surface area contributed by atoms with Gasteiger partial charge in [0.25, 0.3) is 0 Å². The minimum atomic E-state index is 0.927. The van der Waals surface area contributed by atoms with Crippen molar-refractivity contribution in [2.75, 3.05) is 6.26 Å². The Hall–Kier alpha value is -1.15. The molecule has 0 N–H and O–H groups in total. The third kappa shape index (κ3) is 1.78. The zero-order valence-corrected chi connectivity index (χ0v) is 8.17. The Balaban J connectivity index is 2.41. The monoisotopic (exact) mass is 190 g/mol. The van der Waals surface area contributed by atoms with Crippen molar-refractivity contribution in [3.8, 4) is 11.3 Å². The maximum Gasteiger partial charge on any atom is 0.133 e. The van der Waals surface area contributed by atoms with Crippen molar-refractivity contribution in [3.63, 3.8) is 0 Å². The molecule has 1 aromatic heterocycles. The molecule has 2 rings (SSSR count). The van der Waals surface area contributed by atoms with Gasteiger partial charge in [0.05, 0.1) is 6.26 Å². The molecule has 1 heterocycles. The largest absolute Gasteiger partial charge is 0.464 e. The van der Waals surface area contributed by atoms with Crippen molar-refractivity contribution >= 4 is 11.8 Å². The summed E-state index contributed by atoms with van der Waals surface area (Å²) in [6.45, 7) is 0. The molecule has 0 aliphatic heterocycles. The highest BCUT2D eigenvalue weighted by atomic mass is 32.2. The van der Waals surface area contributed by atoms with Crippen LogP contribution in [-0.2, 0) is 0 Å². The van der Waals surface area contributed by atoms with Gasteiger partial charge in [0.1, 0.15) is 5.76 Å². The fourth-order valence-corrected chi connectivity index (χ4v) is 1.68. The van der Waals surface area contributed by atoms with Crippen molar-refractivity contribution in [1.82, 2.24) is 0 Å². The van der Waals surface area contributed by atoms with Crippen LogP contribution < -0.4 is 0 Å². The smallest absolute Gasteiger partial charge is 0.133 e. The lowest BCUT2D eigenvalue weighted by Gasteiger charge is -1.99. The Labute approximate surface area is 81.8 Å². The molecule has 0 aliphatic rings. The van der Waals surface area contributed by atoms with Gasteiger partial charge in [-0.15, -0.1) is 11.8 Å². The first-order chi connectivity index (χ1) is 6.40. The van der Waals surface area contributed by atoms with E-state index in [0.717, 1.165) is 11.3 Å². The normalized spacial score (nSPS) is 10.2. The number of thioether (sulfide) groups is 1. The van der Waals surface area contributed by atoms with E-state index < -0.39 is 0 Å². The highest BCUT2D eigenvalue weighted by Crippen LogP contribution is 2.24. The Morgan fingerprint density at radius 2 is 2.08 bits per heavy atom. The van der Waals surface area contributed by atoms with Crippen LogP contribution in [0.2, 0.25) is 0 Å². The summed E-state index contributed by atoms with van der Waals surface area (Å²) in [5.74, 6) is 0.927. The van der Waals surface area contributed by atoms with Crippen LogP contribution in [0.1, 0.15) is 0 Å². The number of rotatable bonds is 2. The molecule has 1 nitrogen and oxygen atoms in total. The first-order valence-corrected chi connectivity index (χ1v) is 5.30. The SMILES string of the molecule is CSc1cccc(-c2ccco2)c1. The molecule has 0 aliphatic carbocycles. The quantitative estimate of drug-likeness (QED) is 0.670. The van der Waals surface area contributed by atoms with Crippen molar-refractivity contribution in [1.29, 1.82) is 0 Å². The molecule has 13 heavy (non-hydrogen) atoms. The molecule has 2 heteroatoms. The molecule has 66 valence electrons. The lowest BCUT2D eigenvalue weighted by Crippen LogP contribution is -1.74. The highest BCUT2D eigenvalue weighted by Gasteiger charge is 1.99. The van der Waals surface area contributed by atoms with Gasteiger partial charge >= 0.3 is 0 Å². The molecule has 2 aromatic rings. The fraction of sp³-hybridized carbons (Fsp3) is 0.0909. The van der Waals surface area contributed by atoms with Gasteiger partial charge in [-0.1, -0.05) is 12.1 Å². The predicted molar refractivity (Wildman–Crippen MR) is 55.9 cm³/mol. The zero-order chi connectivity index (χ0) is 9.10. The van der Waals surface area contributed by atoms with E-state index in [0.29, 0.717) is 0 Å². The maximum atomic E-state index is 5.31. The Kier molecular flexibility index (Phi) is 2.41. The molecule has 0 saturated carbocycles. The van der Waals surface area contributed by atoms with Gasteiger partial charge in [-0.2, -0.15) is 0 Å². The molecule has 0 fully saturated rings. The number of benzene rings is 1. The van der Waals surface area contributed by atoms with E-state index in [1.807, 2.05) is 18.2 Å². The minimum absolute atomic E-state index is 0.927. The number of hydrogen-bond donors (Lipinski definition) is 0. The fourth-order valence-electron chi connectivity index (χ4n) is 1.22. The van der Waals surface area contributed by atoms with Gasteiger partial charge < -0.3 is 4.42 Å². The molecule has 0 bridgehead atoms. The van der Waals surface area contributed by atoms with Crippen LogP contribution >= 0.6 is 11.8 Å². The lowest BCUT2D eigenvalue weighted by atomic mass is 10.2. The first-order valence-electron chi connectivity index (χ1n) is 4.08. The maximum absolute atomic E-state index is 5.31. The van der Waals surface area contributed by atoms with Crippen LogP contribution in [0.15, 0.2) is 52.0 Å². The Morgan fingerprint density at radius 3 is 2.77 bits per heavy atom. The second-order valence-corrected chi connectivity index (χ2v) is 3.59. The molecule has 0 amide bonds. The van der Waals surface area contributed by atoms with E-state index >= 15 is 0 Å². The van der Waals surface area contributed by atoms with Crippen LogP contribution in [0, 0.1) is 0 Å². The molecular weight excluding hydrogens is 180 g/mol. The number of furan rings is 1. The van der Waals surface area contributed by atoms with E-state index in [-0.39, 0.29) is 0 Å². The summed E-state index contributed by atoms with van der Waals surface area (Å²) in [7, 11) is 0. The van der Waals surface area contributed by atoms with Crippen LogP contribution in [0.4, 0.5) is 0 Å². The average Bonchev–Trinajstić information content (AvgIpc) is 2.71. The van der Waals surface area contributed by atoms with Gasteiger partial charge in [0, 0.05) is 10.5 Å². The van der Waals surface area contributed by atoms with E-state index in [9.17, 15) is 0 Å². The van der Waals surface area contributed by atoms with Crippen molar-refractivity contribution in [3.05, 3.63) is 42.7 Å². The molecule has 0 unspecified atom stereocenters. The second-order valence-electron chi connectivity index (χ2n) is 2.71. The van der Waals surface area contributed by atoms with E-state index in [4.69, 9.17) is 4.42 Å². The molecule has 0 atom stereocenters. The summed E-state index contributed by atoms with van der Waals surface area (Å²) in [6.07, 6.45) is 3.77. The molecule has 1 aromatic carbocycles. The average molecular weight is 190 g/mol. The summed E-state index contributed by atoms with van der Waals surface area (Å²) < 4.78 is 5.31. The Bertz CT molecular complexity index is 379. The topological polar surface area (TPSA) is 13.1 Å². The van der Waals surface area contributed by atoms with Crippen LogP contribution in [0.3, 0.4) is 0 Å². The lowest BCUT2D eigenvalue weighted by molar-refractivity contribution is 0.582. The van der Waals surface area contributed by atoms with Crippen molar-refractivity contribution < 1.29 is 4.42 Å². The van der Waals surface area contributed by atoms with Crippen molar-refractivity contribution in [2.45, 2.75) is 4.90 Å². The summed E-state index contributed by atoms with van der Waals surface area (Å²) in [6, 6.07) is 12.2. The number of hydrogen-bond acceptors (Lipinski definition) is 2.